The fourth-order valence-electron chi connectivity index (χ4n) is 2.77. The van der Waals surface area contributed by atoms with Crippen LogP contribution in [0.2, 0.25) is 0 Å². The average Bonchev–Trinajstić information content (AvgIpc) is 2.72. The minimum Gasteiger partial charge on any atom is -0.373 e. The molecule has 1 aromatic rings. The molecule has 0 aliphatic carbocycles. The molecule has 1 aromatic heterocycles. The van der Waals surface area contributed by atoms with Crippen molar-refractivity contribution < 1.29 is 4.74 Å². The standard InChI is InChI=1S/C13H18N2OS/c1-15-9-13(10-15)5-12(8-17-13)16-7-11-3-2-4-14-6-11/h2-4,6,12H,5,7-10H2,1H3/t12-/m0/s1. The van der Waals surface area contributed by atoms with Crippen LogP contribution in [0.1, 0.15) is 12.0 Å². The van der Waals surface area contributed by atoms with Gasteiger partial charge >= 0.3 is 0 Å². The Labute approximate surface area is 107 Å². The molecule has 0 aromatic carbocycles. The van der Waals surface area contributed by atoms with Gasteiger partial charge in [-0.15, -0.1) is 11.8 Å². The molecule has 0 radical (unpaired) electrons. The first-order valence-electron chi connectivity index (χ1n) is 6.09. The SMILES string of the molecule is CN1CC2(C[C@H](OCc3cccnc3)CS2)C1. The highest BCUT2D eigenvalue weighted by molar-refractivity contribution is 8.01. The van der Waals surface area contributed by atoms with Crippen LogP contribution in [0.3, 0.4) is 0 Å². The minimum absolute atomic E-state index is 0.425. The summed E-state index contributed by atoms with van der Waals surface area (Å²) in [4.78, 5) is 6.49. The van der Waals surface area contributed by atoms with Gasteiger partial charge in [0.25, 0.3) is 0 Å². The van der Waals surface area contributed by atoms with Gasteiger partial charge < -0.3 is 9.64 Å². The molecule has 1 atom stereocenters. The lowest BCUT2D eigenvalue weighted by Crippen LogP contribution is -2.56. The van der Waals surface area contributed by atoms with Gasteiger partial charge in [0.2, 0.25) is 0 Å². The third kappa shape index (κ3) is 2.49. The number of hydrogen-bond acceptors (Lipinski definition) is 4. The van der Waals surface area contributed by atoms with Crippen molar-refractivity contribution in [1.29, 1.82) is 0 Å². The van der Waals surface area contributed by atoms with Crippen LogP contribution in [0.25, 0.3) is 0 Å². The quantitative estimate of drug-likeness (QED) is 0.816. The van der Waals surface area contributed by atoms with E-state index >= 15 is 0 Å². The molecule has 0 amide bonds. The van der Waals surface area contributed by atoms with E-state index in [0.29, 0.717) is 17.5 Å². The number of likely N-dealkylation sites (tertiary alicyclic amines) is 1. The Balaban J connectivity index is 1.48. The van der Waals surface area contributed by atoms with E-state index in [-0.39, 0.29) is 0 Å². The molecule has 2 saturated heterocycles. The van der Waals surface area contributed by atoms with Crippen LogP contribution in [-0.4, -0.2) is 46.6 Å². The molecule has 3 heterocycles. The van der Waals surface area contributed by atoms with Gasteiger partial charge in [-0.3, -0.25) is 4.98 Å². The predicted molar refractivity (Wildman–Crippen MR) is 70.1 cm³/mol. The zero-order chi connectivity index (χ0) is 11.7. The Morgan fingerprint density at radius 2 is 2.47 bits per heavy atom. The second-order valence-corrected chi connectivity index (χ2v) is 6.65. The van der Waals surface area contributed by atoms with E-state index in [9.17, 15) is 0 Å². The molecule has 17 heavy (non-hydrogen) atoms. The van der Waals surface area contributed by atoms with E-state index in [1.54, 1.807) is 6.20 Å². The van der Waals surface area contributed by atoms with E-state index in [1.165, 1.54) is 25.1 Å². The third-order valence-electron chi connectivity index (χ3n) is 3.50. The number of aromatic nitrogens is 1. The third-order valence-corrected chi connectivity index (χ3v) is 5.08. The Bertz CT molecular complexity index is 378. The Hall–Kier alpha value is -0.580. The minimum atomic E-state index is 0.425. The largest absolute Gasteiger partial charge is 0.373 e. The van der Waals surface area contributed by atoms with E-state index in [1.807, 2.05) is 12.3 Å². The highest BCUT2D eigenvalue weighted by Crippen LogP contribution is 2.45. The van der Waals surface area contributed by atoms with Crippen LogP contribution in [0.4, 0.5) is 0 Å². The molecular formula is C13H18N2OS. The smallest absolute Gasteiger partial charge is 0.0736 e. The summed E-state index contributed by atoms with van der Waals surface area (Å²) in [7, 11) is 2.19. The van der Waals surface area contributed by atoms with Crippen molar-refractivity contribution in [3.63, 3.8) is 0 Å². The van der Waals surface area contributed by atoms with Gasteiger partial charge in [0.1, 0.15) is 0 Å². The molecule has 0 saturated carbocycles. The summed E-state index contributed by atoms with van der Waals surface area (Å²) in [5.74, 6) is 1.15. The molecule has 2 fully saturated rings. The molecule has 3 rings (SSSR count). The number of thioether (sulfide) groups is 1. The number of pyridine rings is 1. The zero-order valence-corrected chi connectivity index (χ0v) is 10.9. The Morgan fingerprint density at radius 3 is 3.18 bits per heavy atom. The van der Waals surface area contributed by atoms with Gasteiger partial charge in [-0.2, -0.15) is 0 Å². The summed E-state index contributed by atoms with van der Waals surface area (Å²) in [5, 5.41) is 0. The van der Waals surface area contributed by atoms with Gasteiger partial charge in [0.15, 0.2) is 0 Å². The fourth-order valence-corrected chi connectivity index (χ4v) is 4.45. The van der Waals surface area contributed by atoms with Crippen molar-refractivity contribution in [3.8, 4) is 0 Å². The Kier molecular flexibility index (Phi) is 3.11. The molecule has 0 unspecified atom stereocenters. The molecule has 4 heteroatoms. The van der Waals surface area contributed by atoms with E-state index in [2.05, 4.69) is 34.8 Å². The molecular weight excluding hydrogens is 232 g/mol. The van der Waals surface area contributed by atoms with Gasteiger partial charge in [-0.25, -0.2) is 0 Å². The lowest BCUT2D eigenvalue weighted by Gasteiger charge is -2.45. The van der Waals surface area contributed by atoms with Crippen molar-refractivity contribution in [3.05, 3.63) is 30.1 Å². The van der Waals surface area contributed by atoms with E-state index in [0.717, 1.165) is 5.75 Å². The van der Waals surface area contributed by atoms with E-state index in [4.69, 9.17) is 4.74 Å². The number of nitrogens with zero attached hydrogens (tertiary/aromatic N) is 2. The summed E-state index contributed by atoms with van der Waals surface area (Å²) in [6, 6.07) is 4.03. The zero-order valence-electron chi connectivity index (χ0n) is 10.1. The van der Waals surface area contributed by atoms with Crippen LogP contribution in [0.15, 0.2) is 24.5 Å². The van der Waals surface area contributed by atoms with Gasteiger partial charge in [0.05, 0.1) is 12.7 Å². The number of rotatable bonds is 3. The van der Waals surface area contributed by atoms with Crippen LogP contribution < -0.4 is 0 Å². The molecule has 0 N–H and O–H groups in total. The molecule has 1 spiro atoms. The van der Waals surface area contributed by atoms with Crippen LogP contribution >= 0.6 is 11.8 Å². The van der Waals surface area contributed by atoms with Crippen molar-refractivity contribution >= 4 is 11.8 Å². The molecule has 3 nitrogen and oxygen atoms in total. The average molecular weight is 250 g/mol. The van der Waals surface area contributed by atoms with Crippen molar-refractivity contribution in [2.45, 2.75) is 23.9 Å². The monoisotopic (exact) mass is 250 g/mol. The highest BCUT2D eigenvalue weighted by Gasteiger charge is 2.47. The first kappa shape index (κ1) is 11.5. The maximum atomic E-state index is 5.98. The molecule has 2 aliphatic heterocycles. The summed E-state index contributed by atoms with van der Waals surface area (Å²) in [6.45, 7) is 3.15. The van der Waals surface area contributed by atoms with Gasteiger partial charge in [0, 0.05) is 36.0 Å². The molecule has 92 valence electrons. The normalized spacial score (nSPS) is 27.2. The second-order valence-electron chi connectivity index (χ2n) is 5.16. The molecule has 2 aliphatic rings. The fraction of sp³-hybridized carbons (Fsp3) is 0.615. The Morgan fingerprint density at radius 1 is 1.59 bits per heavy atom. The predicted octanol–water partition coefficient (Wildman–Crippen LogP) is 1.79. The van der Waals surface area contributed by atoms with Crippen molar-refractivity contribution in [2.75, 3.05) is 25.9 Å². The maximum absolute atomic E-state index is 5.98. The number of ether oxygens (including phenoxy) is 1. The summed E-state index contributed by atoms with van der Waals surface area (Å²) < 4.78 is 6.48. The second kappa shape index (κ2) is 4.59. The lowest BCUT2D eigenvalue weighted by atomic mass is 9.94. The van der Waals surface area contributed by atoms with Crippen LogP contribution in [0.5, 0.6) is 0 Å². The summed E-state index contributed by atoms with van der Waals surface area (Å²) in [5.41, 5.74) is 1.17. The van der Waals surface area contributed by atoms with E-state index < -0.39 is 0 Å². The first-order valence-corrected chi connectivity index (χ1v) is 7.07. The number of hydrogen-bond donors (Lipinski definition) is 0. The molecule has 0 bridgehead atoms. The van der Waals surface area contributed by atoms with Crippen molar-refractivity contribution in [1.82, 2.24) is 9.88 Å². The summed E-state index contributed by atoms with van der Waals surface area (Å²) >= 11 is 2.10. The first-order chi connectivity index (χ1) is 8.26. The van der Waals surface area contributed by atoms with Crippen LogP contribution in [-0.2, 0) is 11.3 Å². The van der Waals surface area contributed by atoms with Crippen LogP contribution in [0, 0.1) is 0 Å². The summed E-state index contributed by atoms with van der Waals surface area (Å²) in [6.07, 6.45) is 5.32. The van der Waals surface area contributed by atoms with Gasteiger partial charge in [-0.05, 0) is 25.1 Å². The lowest BCUT2D eigenvalue weighted by molar-refractivity contribution is 0.0331. The highest BCUT2D eigenvalue weighted by atomic mass is 32.2. The topological polar surface area (TPSA) is 25.4 Å². The maximum Gasteiger partial charge on any atom is 0.0736 e. The van der Waals surface area contributed by atoms with Gasteiger partial charge in [-0.1, -0.05) is 6.07 Å². The van der Waals surface area contributed by atoms with Crippen molar-refractivity contribution in [2.24, 2.45) is 0 Å².